The average Bonchev–Trinajstić information content (AvgIpc) is 2.76. The van der Waals surface area contributed by atoms with Gasteiger partial charge in [0.15, 0.2) is 0 Å². The van der Waals surface area contributed by atoms with E-state index >= 15 is 0 Å². The molecule has 32 heavy (non-hydrogen) atoms. The number of amides is 2. The number of ether oxygens (including phenoxy) is 1. The third kappa shape index (κ3) is 8.58. The molecular weight excluding hydrogens is 420 g/mol. The molecule has 0 heterocycles. The Morgan fingerprint density at radius 1 is 1.03 bits per heavy atom. The van der Waals surface area contributed by atoms with Crippen LogP contribution in [0.4, 0.5) is 0 Å². The molecule has 0 saturated heterocycles. The highest BCUT2D eigenvalue weighted by Crippen LogP contribution is 2.18. The molecule has 0 fully saturated rings. The normalized spacial score (nSPS) is 12.2. The van der Waals surface area contributed by atoms with E-state index in [0.717, 1.165) is 29.1 Å². The fourth-order valence-corrected chi connectivity index (χ4v) is 4.28. The zero-order valence-electron chi connectivity index (χ0n) is 19.9. The summed E-state index contributed by atoms with van der Waals surface area (Å²) >= 11 is 1.57. The smallest absolute Gasteiger partial charge is 0.243 e. The molecule has 2 aromatic rings. The first-order valence-corrected chi connectivity index (χ1v) is 12.2. The summed E-state index contributed by atoms with van der Waals surface area (Å²) in [6.45, 7) is 8.34. The van der Waals surface area contributed by atoms with Crippen LogP contribution < -0.4 is 10.1 Å². The van der Waals surface area contributed by atoms with Gasteiger partial charge in [-0.2, -0.15) is 0 Å². The molecule has 0 aromatic heterocycles. The molecule has 0 aliphatic carbocycles. The highest BCUT2D eigenvalue weighted by atomic mass is 32.2. The highest BCUT2D eigenvalue weighted by Gasteiger charge is 2.30. The SMILES string of the molecule is CC[C@H](C(=O)NC(C)(C)C)N(CCc1ccccc1)C(=O)CSCc1ccc(OC)cc1. The Morgan fingerprint density at radius 2 is 1.69 bits per heavy atom. The van der Waals surface area contributed by atoms with Gasteiger partial charge in [0, 0.05) is 17.8 Å². The topological polar surface area (TPSA) is 58.6 Å². The quantitative estimate of drug-likeness (QED) is 0.533. The van der Waals surface area contributed by atoms with E-state index in [1.807, 2.05) is 70.2 Å². The van der Waals surface area contributed by atoms with Crippen LogP contribution in [0.2, 0.25) is 0 Å². The lowest BCUT2D eigenvalue weighted by Crippen LogP contribution is -2.54. The summed E-state index contributed by atoms with van der Waals surface area (Å²) in [4.78, 5) is 28.0. The summed E-state index contributed by atoms with van der Waals surface area (Å²) in [5.41, 5.74) is 1.95. The lowest BCUT2D eigenvalue weighted by Gasteiger charge is -2.33. The first-order chi connectivity index (χ1) is 15.2. The summed E-state index contributed by atoms with van der Waals surface area (Å²) < 4.78 is 5.20. The second-order valence-corrected chi connectivity index (χ2v) is 9.81. The Balaban J connectivity index is 2.06. The van der Waals surface area contributed by atoms with Crippen molar-refractivity contribution in [2.75, 3.05) is 19.4 Å². The molecule has 5 nitrogen and oxygen atoms in total. The van der Waals surface area contributed by atoms with Gasteiger partial charge in [-0.25, -0.2) is 0 Å². The van der Waals surface area contributed by atoms with E-state index in [-0.39, 0.29) is 17.4 Å². The number of hydrogen-bond donors (Lipinski definition) is 1. The zero-order chi connectivity index (χ0) is 23.6. The molecule has 1 N–H and O–H groups in total. The Labute approximate surface area is 196 Å². The molecule has 0 unspecified atom stereocenters. The van der Waals surface area contributed by atoms with E-state index in [0.29, 0.717) is 18.7 Å². The predicted molar refractivity (Wildman–Crippen MR) is 133 cm³/mol. The van der Waals surface area contributed by atoms with Gasteiger partial charge in [0.05, 0.1) is 12.9 Å². The number of carbonyl (C=O) groups excluding carboxylic acids is 2. The second kappa shape index (κ2) is 12.5. The summed E-state index contributed by atoms with van der Waals surface area (Å²) in [7, 11) is 1.65. The lowest BCUT2D eigenvalue weighted by atomic mass is 10.1. The van der Waals surface area contributed by atoms with E-state index < -0.39 is 6.04 Å². The van der Waals surface area contributed by atoms with Gasteiger partial charge < -0.3 is 15.0 Å². The van der Waals surface area contributed by atoms with Crippen molar-refractivity contribution in [3.63, 3.8) is 0 Å². The fraction of sp³-hybridized carbons (Fsp3) is 0.462. The molecule has 1 atom stereocenters. The van der Waals surface area contributed by atoms with E-state index in [9.17, 15) is 9.59 Å². The zero-order valence-corrected chi connectivity index (χ0v) is 20.7. The minimum Gasteiger partial charge on any atom is -0.497 e. The largest absolute Gasteiger partial charge is 0.497 e. The molecule has 174 valence electrons. The maximum atomic E-state index is 13.2. The van der Waals surface area contributed by atoms with Crippen molar-refractivity contribution in [1.29, 1.82) is 0 Å². The molecule has 6 heteroatoms. The van der Waals surface area contributed by atoms with E-state index in [1.54, 1.807) is 23.8 Å². The van der Waals surface area contributed by atoms with Gasteiger partial charge in [-0.15, -0.1) is 11.8 Å². The number of nitrogens with one attached hydrogen (secondary N) is 1. The summed E-state index contributed by atoms with van der Waals surface area (Å²) in [6, 6.07) is 17.5. The van der Waals surface area contributed by atoms with Gasteiger partial charge in [0.1, 0.15) is 11.8 Å². The molecule has 0 bridgehead atoms. The van der Waals surface area contributed by atoms with Gasteiger partial charge in [0.25, 0.3) is 0 Å². The third-order valence-electron chi connectivity index (χ3n) is 5.02. The van der Waals surface area contributed by atoms with Crippen LogP contribution in [0.3, 0.4) is 0 Å². The van der Waals surface area contributed by atoms with Crippen LogP contribution in [-0.2, 0) is 21.8 Å². The van der Waals surface area contributed by atoms with Crippen molar-refractivity contribution in [3.05, 3.63) is 65.7 Å². The molecule has 0 radical (unpaired) electrons. The monoisotopic (exact) mass is 456 g/mol. The highest BCUT2D eigenvalue weighted by molar-refractivity contribution is 7.99. The maximum Gasteiger partial charge on any atom is 0.243 e. The molecule has 0 spiro atoms. The average molecular weight is 457 g/mol. The third-order valence-corrected chi connectivity index (χ3v) is 6.01. The molecule has 0 aliphatic rings. The van der Waals surface area contributed by atoms with Gasteiger partial charge in [-0.3, -0.25) is 9.59 Å². The molecular formula is C26H36N2O3S. The number of carbonyl (C=O) groups is 2. The summed E-state index contributed by atoms with van der Waals surface area (Å²) in [6.07, 6.45) is 1.29. The van der Waals surface area contributed by atoms with Gasteiger partial charge in [-0.05, 0) is 56.9 Å². The first kappa shape index (κ1) is 25.8. The van der Waals surface area contributed by atoms with Crippen molar-refractivity contribution in [3.8, 4) is 5.75 Å². The second-order valence-electron chi connectivity index (χ2n) is 8.83. The molecule has 2 amide bonds. The number of thioether (sulfide) groups is 1. The minimum absolute atomic E-state index is 0.00430. The Morgan fingerprint density at radius 3 is 2.25 bits per heavy atom. The van der Waals surface area contributed by atoms with E-state index in [2.05, 4.69) is 17.4 Å². The Bertz CT molecular complexity index is 848. The van der Waals surface area contributed by atoms with Crippen LogP contribution >= 0.6 is 11.8 Å². The van der Waals surface area contributed by atoms with Crippen molar-refractivity contribution >= 4 is 23.6 Å². The maximum absolute atomic E-state index is 13.2. The first-order valence-electron chi connectivity index (χ1n) is 11.1. The summed E-state index contributed by atoms with van der Waals surface area (Å²) in [5, 5.41) is 3.04. The Kier molecular flexibility index (Phi) is 10.1. The lowest BCUT2D eigenvalue weighted by molar-refractivity contribution is -0.139. The van der Waals surface area contributed by atoms with Crippen LogP contribution in [0.1, 0.15) is 45.2 Å². The van der Waals surface area contributed by atoms with E-state index in [4.69, 9.17) is 4.74 Å². The van der Waals surface area contributed by atoms with Crippen molar-refractivity contribution in [1.82, 2.24) is 10.2 Å². The van der Waals surface area contributed by atoms with Crippen LogP contribution in [0.15, 0.2) is 54.6 Å². The van der Waals surface area contributed by atoms with Gasteiger partial charge >= 0.3 is 0 Å². The standard InChI is InChI=1S/C26H36N2O3S/c1-6-23(25(30)27-26(2,3)4)28(17-16-20-10-8-7-9-11-20)24(29)19-32-18-21-12-14-22(31-5)15-13-21/h7-15,23H,6,16-19H2,1-5H3,(H,27,30)/t23-/m1/s1. The van der Waals surface area contributed by atoms with Crippen molar-refractivity contribution in [2.45, 2.75) is 57.9 Å². The predicted octanol–water partition coefficient (Wildman–Crippen LogP) is 4.69. The van der Waals surface area contributed by atoms with Crippen LogP contribution in [0.25, 0.3) is 0 Å². The molecule has 0 aliphatic heterocycles. The van der Waals surface area contributed by atoms with Crippen LogP contribution in [-0.4, -0.2) is 47.7 Å². The number of hydrogen-bond acceptors (Lipinski definition) is 4. The molecule has 2 aromatic carbocycles. The molecule has 0 saturated carbocycles. The van der Waals surface area contributed by atoms with Crippen LogP contribution in [0.5, 0.6) is 5.75 Å². The Hall–Kier alpha value is -2.47. The number of methoxy groups -OCH3 is 1. The minimum atomic E-state index is -0.480. The number of benzene rings is 2. The van der Waals surface area contributed by atoms with E-state index in [1.165, 1.54) is 0 Å². The molecule has 2 rings (SSSR count). The van der Waals surface area contributed by atoms with Crippen molar-refractivity contribution in [2.24, 2.45) is 0 Å². The van der Waals surface area contributed by atoms with Gasteiger partial charge in [0.2, 0.25) is 11.8 Å². The number of nitrogens with zero attached hydrogens (tertiary/aromatic N) is 1. The fourth-order valence-electron chi connectivity index (χ4n) is 3.41. The van der Waals surface area contributed by atoms with Crippen molar-refractivity contribution < 1.29 is 14.3 Å². The number of rotatable bonds is 11. The van der Waals surface area contributed by atoms with Gasteiger partial charge in [-0.1, -0.05) is 49.4 Å². The van der Waals surface area contributed by atoms with Crippen LogP contribution in [0, 0.1) is 0 Å². The summed E-state index contributed by atoms with van der Waals surface area (Å²) in [5.74, 6) is 1.78.